The monoisotopic (exact) mass is 313 g/mol. The zero-order chi connectivity index (χ0) is 16.0. The molecule has 23 heavy (non-hydrogen) atoms. The molecule has 122 valence electrons. The van der Waals surface area contributed by atoms with Crippen molar-refractivity contribution < 1.29 is 9.53 Å². The summed E-state index contributed by atoms with van der Waals surface area (Å²) in [6.07, 6.45) is 0. The first-order valence-electron chi connectivity index (χ1n) is 8.29. The number of para-hydroxylation sites is 1. The van der Waals surface area contributed by atoms with Gasteiger partial charge in [-0.25, -0.2) is 0 Å². The van der Waals surface area contributed by atoms with Gasteiger partial charge in [0.05, 0.1) is 30.7 Å². The molecule has 2 fully saturated rings. The van der Waals surface area contributed by atoms with E-state index in [0.29, 0.717) is 13.2 Å². The molecule has 2 atom stereocenters. The number of amides is 1. The predicted octanol–water partition coefficient (Wildman–Crippen LogP) is 1.73. The summed E-state index contributed by atoms with van der Waals surface area (Å²) >= 11 is 0. The summed E-state index contributed by atoms with van der Waals surface area (Å²) in [5, 5.41) is 4.39. The normalized spacial score (nSPS) is 25.4. The Hall–Kier alpha value is -1.85. The van der Waals surface area contributed by atoms with Gasteiger partial charge in [0, 0.05) is 30.7 Å². The van der Waals surface area contributed by atoms with Gasteiger partial charge in [-0.3, -0.25) is 9.69 Å². The Labute approximate surface area is 136 Å². The van der Waals surface area contributed by atoms with Crippen LogP contribution < -0.4 is 5.32 Å². The maximum absolute atomic E-state index is 12.1. The highest BCUT2D eigenvalue weighted by atomic mass is 16.5. The number of rotatable bonds is 2. The van der Waals surface area contributed by atoms with Crippen LogP contribution in [0, 0.1) is 19.8 Å². The molecule has 0 aliphatic carbocycles. The second-order valence-electron chi connectivity index (χ2n) is 6.85. The number of carbonyl (C=O) groups excluding carboxylic acids is 1. The molecule has 0 saturated carbocycles. The van der Waals surface area contributed by atoms with Gasteiger partial charge in [-0.2, -0.15) is 0 Å². The quantitative estimate of drug-likeness (QED) is 0.888. The van der Waals surface area contributed by atoms with Crippen molar-refractivity contribution >= 4 is 16.8 Å². The van der Waals surface area contributed by atoms with Crippen LogP contribution in [0.1, 0.15) is 16.8 Å². The van der Waals surface area contributed by atoms with Crippen molar-refractivity contribution in [2.45, 2.75) is 26.4 Å². The highest BCUT2D eigenvalue weighted by molar-refractivity contribution is 5.87. The van der Waals surface area contributed by atoms with Crippen molar-refractivity contribution in [3.8, 4) is 0 Å². The molecule has 3 heterocycles. The minimum absolute atomic E-state index is 0.0613. The molecular weight excluding hydrogens is 290 g/mol. The number of aromatic nitrogens is 1. The van der Waals surface area contributed by atoms with Crippen LogP contribution in [0.3, 0.4) is 0 Å². The summed E-state index contributed by atoms with van der Waals surface area (Å²) in [5.41, 5.74) is 5.07. The molecule has 5 nitrogen and oxygen atoms in total. The minimum Gasteiger partial charge on any atom is -0.378 e. The highest BCUT2D eigenvalue weighted by Gasteiger charge is 2.33. The van der Waals surface area contributed by atoms with Gasteiger partial charge in [-0.15, -0.1) is 0 Å². The van der Waals surface area contributed by atoms with Crippen molar-refractivity contribution in [3.05, 3.63) is 35.0 Å². The summed E-state index contributed by atoms with van der Waals surface area (Å²) in [7, 11) is 0. The molecule has 2 N–H and O–H groups in total. The molecule has 4 rings (SSSR count). The first kappa shape index (κ1) is 14.7. The summed E-state index contributed by atoms with van der Waals surface area (Å²) in [4.78, 5) is 18.0. The van der Waals surface area contributed by atoms with Crippen molar-refractivity contribution in [2.75, 3.05) is 26.3 Å². The number of aryl methyl sites for hydroxylation is 2. The molecule has 0 unspecified atom stereocenters. The van der Waals surface area contributed by atoms with E-state index in [1.165, 1.54) is 27.7 Å². The Morgan fingerprint density at radius 1 is 1.26 bits per heavy atom. The van der Waals surface area contributed by atoms with Crippen LogP contribution in [0.2, 0.25) is 0 Å². The molecule has 2 aromatic rings. The summed E-state index contributed by atoms with van der Waals surface area (Å²) < 4.78 is 5.60. The van der Waals surface area contributed by atoms with E-state index in [1.54, 1.807) is 0 Å². The van der Waals surface area contributed by atoms with E-state index in [4.69, 9.17) is 4.74 Å². The number of nitrogens with one attached hydrogen (secondary N) is 2. The van der Waals surface area contributed by atoms with Gasteiger partial charge in [0.1, 0.15) is 0 Å². The van der Waals surface area contributed by atoms with Gasteiger partial charge in [0.15, 0.2) is 0 Å². The molecule has 1 aromatic carbocycles. The van der Waals surface area contributed by atoms with Gasteiger partial charge in [0.2, 0.25) is 5.91 Å². The van der Waals surface area contributed by atoms with Crippen LogP contribution >= 0.6 is 0 Å². The maximum atomic E-state index is 12.1. The van der Waals surface area contributed by atoms with Crippen LogP contribution in [-0.2, 0) is 16.1 Å². The number of benzene rings is 1. The predicted molar refractivity (Wildman–Crippen MR) is 89.3 cm³/mol. The molecule has 2 aliphatic rings. The number of nitrogens with zero attached hydrogens (tertiary/aromatic N) is 1. The lowest BCUT2D eigenvalue weighted by atomic mass is 10.1. The first-order valence-corrected chi connectivity index (χ1v) is 8.29. The fraction of sp³-hybridized carbons (Fsp3) is 0.500. The number of aromatic amines is 1. The SMILES string of the molecule is Cc1[nH]c2c(CN3C[C@H]4COC[C@@H](C3)C(=O)N4)cccc2c1C. The highest BCUT2D eigenvalue weighted by Crippen LogP contribution is 2.26. The van der Waals surface area contributed by atoms with Crippen LogP contribution in [-0.4, -0.2) is 48.1 Å². The third-order valence-electron chi connectivity index (χ3n) is 5.14. The average molecular weight is 313 g/mol. The van der Waals surface area contributed by atoms with Gasteiger partial charge in [-0.05, 0) is 25.0 Å². The minimum atomic E-state index is -0.0613. The van der Waals surface area contributed by atoms with E-state index in [-0.39, 0.29) is 17.9 Å². The van der Waals surface area contributed by atoms with E-state index in [1.807, 2.05) is 0 Å². The summed E-state index contributed by atoms with van der Waals surface area (Å²) in [6.45, 7) is 7.89. The average Bonchev–Trinajstić information content (AvgIpc) is 2.63. The number of hydrogen-bond acceptors (Lipinski definition) is 3. The maximum Gasteiger partial charge on any atom is 0.227 e. The van der Waals surface area contributed by atoms with Gasteiger partial charge < -0.3 is 15.0 Å². The Morgan fingerprint density at radius 2 is 2.13 bits per heavy atom. The first-order chi connectivity index (χ1) is 11.1. The second-order valence-corrected chi connectivity index (χ2v) is 6.85. The zero-order valence-corrected chi connectivity index (χ0v) is 13.7. The molecular formula is C18H23N3O2. The lowest BCUT2D eigenvalue weighted by Gasteiger charge is -2.27. The number of hydrogen-bond donors (Lipinski definition) is 2. The van der Waals surface area contributed by atoms with E-state index in [2.05, 4.69) is 47.2 Å². The molecule has 2 aliphatic heterocycles. The molecule has 2 bridgehead atoms. The Morgan fingerprint density at radius 3 is 3.00 bits per heavy atom. The Kier molecular flexibility index (Phi) is 3.62. The second kappa shape index (κ2) is 5.65. The fourth-order valence-electron chi connectivity index (χ4n) is 3.77. The summed E-state index contributed by atoms with van der Waals surface area (Å²) in [6, 6.07) is 6.59. The molecule has 5 heteroatoms. The Bertz CT molecular complexity index is 752. The number of carbonyl (C=O) groups is 1. The molecule has 1 amide bonds. The lowest BCUT2D eigenvalue weighted by Crippen LogP contribution is -2.41. The van der Waals surface area contributed by atoms with Gasteiger partial charge in [-0.1, -0.05) is 18.2 Å². The largest absolute Gasteiger partial charge is 0.378 e. The third kappa shape index (κ3) is 2.64. The van der Waals surface area contributed by atoms with Gasteiger partial charge in [0.25, 0.3) is 0 Å². The van der Waals surface area contributed by atoms with E-state index in [0.717, 1.165) is 19.6 Å². The standard InChI is InChI=1S/C18H23N3O2/c1-11-12(2)19-17-13(4-3-5-16(11)17)6-21-7-14-9-23-10-15(8-21)20-18(14)22/h3-5,14-15,19H,6-10H2,1-2H3,(H,20,22)/t14-,15+/m1/s1. The molecule has 0 radical (unpaired) electrons. The smallest absolute Gasteiger partial charge is 0.227 e. The molecule has 1 aromatic heterocycles. The zero-order valence-electron chi connectivity index (χ0n) is 13.7. The Balaban J connectivity index is 1.63. The topological polar surface area (TPSA) is 57.4 Å². The van der Waals surface area contributed by atoms with Crippen LogP contribution in [0.4, 0.5) is 0 Å². The van der Waals surface area contributed by atoms with Crippen LogP contribution in [0.15, 0.2) is 18.2 Å². The fourth-order valence-corrected chi connectivity index (χ4v) is 3.77. The van der Waals surface area contributed by atoms with E-state index in [9.17, 15) is 4.79 Å². The molecule has 0 spiro atoms. The number of fused-ring (bicyclic) bond motifs is 4. The van der Waals surface area contributed by atoms with Crippen molar-refractivity contribution in [1.82, 2.24) is 15.2 Å². The molecule has 2 saturated heterocycles. The third-order valence-corrected chi connectivity index (χ3v) is 5.14. The van der Waals surface area contributed by atoms with Crippen molar-refractivity contribution in [3.63, 3.8) is 0 Å². The van der Waals surface area contributed by atoms with Crippen molar-refractivity contribution in [1.29, 1.82) is 0 Å². The van der Waals surface area contributed by atoms with Crippen LogP contribution in [0.5, 0.6) is 0 Å². The summed E-state index contributed by atoms with van der Waals surface area (Å²) in [5.74, 6) is 0.0774. The van der Waals surface area contributed by atoms with Crippen LogP contribution in [0.25, 0.3) is 10.9 Å². The van der Waals surface area contributed by atoms with Crippen molar-refractivity contribution in [2.24, 2.45) is 5.92 Å². The lowest BCUT2D eigenvalue weighted by molar-refractivity contribution is -0.125. The van der Waals surface area contributed by atoms with Gasteiger partial charge >= 0.3 is 0 Å². The van der Waals surface area contributed by atoms with E-state index >= 15 is 0 Å². The number of ether oxygens (including phenoxy) is 1. The van der Waals surface area contributed by atoms with E-state index < -0.39 is 0 Å². The number of H-pyrrole nitrogens is 1.